The van der Waals surface area contributed by atoms with Crippen molar-refractivity contribution in [2.75, 3.05) is 13.9 Å². The normalized spacial score (nSPS) is 9.35. The lowest BCUT2D eigenvalue weighted by atomic mass is 10.2. The van der Waals surface area contributed by atoms with Gasteiger partial charge in [-0.15, -0.1) is 0 Å². The van der Waals surface area contributed by atoms with Crippen LogP contribution in [0.25, 0.3) is 0 Å². The quantitative estimate of drug-likeness (QED) is 0.188. The van der Waals surface area contributed by atoms with Gasteiger partial charge in [-0.05, 0) is 0 Å². The summed E-state index contributed by atoms with van der Waals surface area (Å²) in [6.45, 7) is 5.94. The molecule has 17 heteroatoms. The van der Waals surface area contributed by atoms with E-state index >= 15 is 0 Å². The maximum atomic E-state index is 11.1. The number of hydrogen-bond acceptors (Lipinski definition) is 4. The minimum atomic E-state index is -6.17. The molecule has 0 saturated heterocycles. The van der Waals surface area contributed by atoms with Crippen LogP contribution in [-0.2, 0) is 67.5 Å². The van der Waals surface area contributed by atoms with E-state index < -0.39 is 24.2 Å². The highest BCUT2D eigenvalue weighted by molar-refractivity contribution is 8.64. The van der Waals surface area contributed by atoms with Crippen molar-refractivity contribution in [3.05, 3.63) is 0 Å². The van der Waals surface area contributed by atoms with Crippen LogP contribution < -0.4 is 0 Å². The summed E-state index contributed by atoms with van der Waals surface area (Å²) in [5.74, 6) is -3.88. The van der Waals surface area contributed by atoms with E-state index in [0.29, 0.717) is 14.1 Å². The number of alkyl halides is 4. The number of unbranched alkanes of at least 4 members (excludes halogenated alkanes) is 3. The Kier molecular flexibility index (Phi) is 50.9. The van der Waals surface area contributed by atoms with Crippen LogP contribution in [-0.4, -0.2) is 31.3 Å². The van der Waals surface area contributed by atoms with Crippen molar-refractivity contribution in [1.82, 2.24) is 0 Å². The summed E-state index contributed by atoms with van der Waals surface area (Å²) in [6, 6.07) is 0. The second-order valence-corrected chi connectivity index (χ2v) is 12.4. The van der Waals surface area contributed by atoms with Gasteiger partial charge in [0.25, 0.3) is 5.92 Å². The molecule has 0 aromatic rings. The number of halogens is 8. The molecule has 0 radical (unpaired) electrons. The summed E-state index contributed by atoms with van der Waals surface area (Å²) in [7, 11) is 6.13. The summed E-state index contributed by atoms with van der Waals surface area (Å²) in [4.78, 5) is 19.6. The molecule has 0 fully saturated rings. The van der Waals surface area contributed by atoms with Crippen molar-refractivity contribution in [3.8, 4) is 0 Å². The van der Waals surface area contributed by atoms with Gasteiger partial charge in [-0.25, -0.2) is 13.2 Å². The number of hydrogen-bond donors (Lipinski definition) is 0. The molecule has 0 heterocycles. The smallest absolute Gasteiger partial charge is 0.291 e. The molecule has 0 aliphatic carbocycles. The SMILES string of the molecule is CC(=O)C(C)=O.CC(F)(F)CF.CCCCCC.CF.FS(F)(F)F.S=S=S=S=S=S. The fourth-order valence-electron chi connectivity index (χ4n) is 0.523. The Bertz CT molecular complexity index is 518. The van der Waals surface area contributed by atoms with Crippen LogP contribution >= 0.6 is 11.6 Å². The number of ketones is 2. The highest BCUT2D eigenvalue weighted by atomic mass is 33.3. The fraction of sp³-hybridized carbons (Fsp3) is 0.857. The summed E-state index contributed by atoms with van der Waals surface area (Å²) >= 11 is 2.87. The van der Waals surface area contributed by atoms with Gasteiger partial charge < -0.3 is 0 Å². The second kappa shape index (κ2) is 35.0. The minimum absolute atomic E-state index is 0.380. The minimum Gasteiger partial charge on any atom is -0.291 e. The van der Waals surface area contributed by atoms with E-state index in [4.69, 9.17) is 0 Å². The van der Waals surface area contributed by atoms with Gasteiger partial charge >= 0.3 is 11.6 Å². The first-order valence-corrected chi connectivity index (χ1v) is 15.8. The van der Waals surface area contributed by atoms with Gasteiger partial charge in [0.1, 0.15) is 0 Å². The molecular formula is C14H28F8O2S7. The predicted octanol–water partition coefficient (Wildman–Crippen LogP) is 7.26. The monoisotopic (exact) mass is 604 g/mol. The third-order valence-corrected chi connectivity index (χ3v) is 8.44. The fourth-order valence-corrected chi connectivity index (χ4v) is 6.01. The number of rotatable bonds is 5. The van der Waals surface area contributed by atoms with Gasteiger partial charge in [-0.3, -0.25) is 14.0 Å². The topological polar surface area (TPSA) is 34.1 Å². The Morgan fingerprint density at radius 1 is 0.839 bits per heavy atom. The molecular weight excluding hydrogens is 577 g/mol. The third kappa shape index (κ3) is 136. The zero-order valence-electron chi connectivity index (χ0n) is 17.7. The highest BCUT2D eigenvalue weighted by Gasteiger charge is 2.19. The summed E-state index contributed by atoms with van der Waals surface area (Å²) in [6.07, 6.45) is 5.54. The molecule has 0 atom stereocenters. The van der Waals surface area contributed by atoms with Gasteiger partial charge in [-0.2, -0.15) is 0 Å². The average molecular weight is 605 g/mol. The van der Waals surface area contributed by atoms with Crippen LogP contribution in [0, 0.1) is 0 Å². The van der Waals surface area contributed by atoms with Crippen LogP contribution in [0.15, 0.2) is 0 Å². The lowest BCUT2D eigenvalue weighted by Gasteiger charge is -1.99. The Morgan fingerprint density at radius 2 is 1.03 bits per heavy atom. The summed E-state index contributed by atoms with van der Waals surface area (Å²) < 4.78 is 81.5. The second-order valence-electron chi connectivity index (χ2n) is 4.65. The molecule has 0 rings (SSSR count). The molecule has 0 aliphatic heterocycles. The Balaban J connectivity index is -0.0000000618. The summed E-state index contributed by atoms with van der Waals surface area (Å²) in [5.41, 5.74) is 0. The number of carbonyl (C=O) groups excluding carboxylic acids is 2. The van der Waals surface area contributed by atoms with Crippen LogP contribution in [0.3, 0.4) is 0 Å². The zero-order chi connectivity index (χ0) is 26.5. The van der Waals surface area contributed by atoms with Crippen molar-refractivity contribution in [3.63, 3.8) is 0 Å². The third-order valence-electron chi connectivity index (χ3n) is 1.77. The molecule has 0 N–H and O–H groups in total. The largest absolute Gasteiger partial charge is 0.379 e. The Labute approximate surface area is 202 Å². The van der Waals surface area contributed by atoms with Crippen molar-refractivity contribution in [1.29, 1.82) is 0 Å². The molecule has 31 heavy (non-hydrogen) atoms. The van der Waals surface area contributed by atoms with Crippen molar-refractivity contribution in [2.24, 2.45) is 0 Å². The van der Waals surface area contributed by atoms with E-state index in [1.165, 1.54) is 75.1 Å². The van der Waals surface area contributed by atoms with Gasteiger partial charge in [0, 0.05) is 78.7 Å². The van der Waals surface area contributed by atoms with E-state index in [1.807, 2.05) is 0 Å². The first-order chi connectivity index (χ1) is 14.0. The van der Waals surface area contributed by atoms with Crippen LogP contribution in [0.1, 0.15) is 60.3 Å². The van der Waals surface area contributed by atoms with E-state index in [-0.39, 0.29) is 11.6 Å². The van der Waals surface area contributed by atoms with Gasteiger partial charge in [0.05, 0.1) is 7.18 Å². The maximum absolute atomic E-state index is 11.1. The van der Waals surface area contributed by atoms with Crippen molar-refractivity contribution >= 4 is 81.0 Å². The maximum Gasteiger partial charge on any atom is 0.379 e. The van der Waals surface area contributed by atoms with Crippen molar-refractivity contribution < 1.29 is 42.7 Å². The first-order valence-electron chi connectivity index (χ1n) is 7.90. The zero-order valence-corrected chi connectivity index (χ0v) is 23.4. The van der Waals surface area contributed by atoms with E-state index in [1.54, 1.807) is 0 Å². The predicted molar refractivity (Wildman–Crippen MR) is 131 cm³/mol. The van der Waals surface area contributed by atoms with Gasteiger partial charge in [-0.1, -0.05) is 55.1 Å². The van der Waals surface area contributed by atoms with Gasteiger partial charge in [0.15, 0.2) is 18.2 Å². The lowest BCUT2D eigenvalue weighted by molar-refractivity contribution is -0.134. The van der Waals surface area contributed by atoms with Crippen LogP contribution in [0.2, 0.25) is 0 Å². The number of carbonyl (C=O) groups is 2. The average Bonchev–Trinajstić information content (AvgIpc) is 2.65. The molecule has 0 aromatic heterocycles. The molecule has 0 unspecified atom stereocenters. The van der Waals surface area contributed by atoms with Crippen LogP contribution in [0.5, 0.6) is 0 Å². The van der Waals surface area contributed by atoms with Crippen molar-refractivity contribution in [2.45, 2.75) is 66.2 Å². The molecule has 0 saturated carbocycles. The summed E-state index contributed by atoms with van der Waals surface area (Å²) in [5, 5.41) is 0. The van der Waals surface area contributed by atoms with Crippen LogP contribution in [0.4, 0.5) is 33.1 Å². The Morgan fingerprint density at radius 3 is 1.10 bits per heavy atom. The van der Waals surface area contributed by atoms with E-state index in [2.05, 4.69) is 36.2 Å². The highest BCUT2D eigenvalue weighted by Crippen LogP contribution is 2.54. The van der Waals surface area contributed by atoms with E-state index in [9.17, 15) is 42.7 Å². The molecule has 2 nitrogen and oxygen atoms in total. The molecule has 0 aliphatic rings. The number of Topliss-reactive ketones (excluding diaryl/α,β-unsaturated/α-hetero) is 2. The molecule has 0 amide bonds. The molecule has 194 valence electrons. The van der Waals surface area contributed by atoms with Gasteiger partial charge in [0.2, 0.25) is 0 Å². The Hall–Kier alpha value is 0.450. The molecule has 0 bridgehead atoms. The lowest BCUT2D eigenvalue weighted by Crippen LogP contribution is -2.10. The van der Waals surface area contributed by atoms with E-state index in [0.717, 1.165) is 0 Å². The molecule has 0 aromatic carbocycles. The first kappa shape index (κ1) is 45.0. The standard InChI is InChI=1S/C6H14.C4H6O2.C3H5F3.CH3F.F4S.S6/c1-3-5-6-4-2;1-3(5)4(2)6;1-3(5,6)2-4;1-2;1-5(2,3)4;1-3-5-6-4-2/h3-6H2,1-2H3;1-2H3;2H2,1H3;1H3;;. The molecule has 0 spiro atoms.